The van der Waals surface area contributed by atoms with Crippen molar-refractivity contribution < 1.29 is 4.79 Å². The Morgan fingerprint density at radius 1 is 1.21 bits per heavy atom. The molecule has 2 aliphatic heterocycles. The molecular formula is C18H29N5O. The summed E-state index contributed by atoms with van der Waals surface area (Å²) in [4.78, 5) is 25.9. The van der Waals surface area contributed by atoms with Crippen molar-refractivity contribution in [2.24, 2.45) is 5.92 Å². The van der Waals surface area contributed by atoms with E-state index in [-0.39, 0.29) is 11.8 Å². The molecule has 0 spiro atoms. The van der Waals surface area contributed by atoms with E-state index in [4.69, 9.17) is 0 Å². The highest BCUT2D eigenvalue weighted by Gasteiger charge is 2.29. The van der Waals surface area contributed by atoms with E-state index in [2.05, 4.69) is 32.0 Å². The molecule has 0 aromatic carbocycles. The molecule has 1 aromatic heterocycles. The van der Waals surface area contributed by atoms with Crippen LogP contribution in [-0.2, 0) is 4.79 Å². The van der Waals surface area contributed by atoms with E-state index >= 15 is 0 Å². The van der Waals surface area contributed by atoms with Gasteiger partial charge in [0.2, 0.25) is 11.9 Å². The zero-order chi connectivity index (χ0) is 16.8. The molecule has 2 saturated heterocycles. The number of carbonyl (C=O) groups excluding carboxylic acids is 1. The van der Waals surface area contributed by atoms with Gasteiger partial charge in [-0.05, 0) is 44.7 Å². The maximum absolute atomic E-state index is 12.7. The number of nitrogens with one attached hydrogen (secondary N) is 1. The van der Waals surface area contributed by atoms with Gasteiger partial charge in [0.25, 0.3) is 0 Å². The number of anilines is 1. The lowest BCUT2D eigenvalue weighted by Gasteiger charge is -2.35. The van der Waals surface area contributed by atoms with Crippen LogP contribution in [0.3, 0.4) is 0 Å². The van der Waals surface area contributed by atoms with Gasteiger partial charge in [0, 0.05) is 44.6 Å². The van der Waals surface area contributed by atoms with E-state index in [0.717, 1.165) is 57.8 Å². The zero-order valence-electron chi connectivity index (χ0n) is 14.7. The number of hydrogen-bond donors (Lipinski definition) is 1. The van der Waals surface area contributed by atoms with Crippen LogP contribution >= 0.6 is 0 Å². The van der Waals surface area contributed by atoms with Crippen molar-refractivity contribution >= 4 is 11.9 Å². The fourth-order valence-electron chi connectivity index (χ4n) is 3.76. The Kier molecular flexibility index (Phi) is 6.01. The van der Waals surface area contributed by atoms with Gasteiger partial charge in [-0.25, -0.2) is 9.97 Å². The standard InChI is InChI=1S/C18H29N5O/c1-2-10-22-12-6-16(7-13-22)21-17(24)15-5-3-11-23(14-15)18-19-8-4-9-20-18/h4,8-9,15-16H,2-3,5-7,10-14H2,1H3,(H,21,24). The summed E-state index contributed by atoms with van der Waals surface area (Å²) in [5.74, 6) is 1.00. The Bertz CT molecular complexity index is 515. The lowest BCUT2D eigenvalue weighted by molar-refractivity contribution is -0.126. The van der Waals surface area contributed by atoms with Crippen LogP contribution in [0.4, 0.5) is 5.95 Å². The molecule has 132 valence electrons. The third-order valence-electron chi connectivity index (χ3n) is 5.10. The van der Waals surface area contributed by atoms with Gasteiger partial charge in [-0.15, -0.1) is 0 Å². The lowest BCUT2D eigenvalue weighted by Crippen LogP contribution is -2.49. The summed E-state index contributed by atoms with van der Waals surface area (Å²) in [5, 5.41) is 3.29. The monoisotopic (exact) mass is 331 g/mol. The van der Waals surface area contributed by atoms with E-state index in [0.29, 0.717) is 6.04 Å². The van der Waals surface area contributed by atoms with E-state index in [9.17, 15) is 4.79 Å². The van der Waals surface area contributed by atoms with Gasteiger partial charge >= 0.3 is 0 Å². The number of nitrogens with zero attached hydrogens (tertiary/aromatic N) is 4. The highest BCUT2D eigenvalue weighted by atomic mass is 16.2. The molecule has 6 nitrogen and oxygen atoms in total. The molecule has 0 radical (unpaired) electrons. The summed E-state index contributed by atoms with van der Waals surface area (Å²) >= 11 is 0. The second-order valence-electron chi connectivity index (χ2n) is 6.96. The molecule has 0 bridgehead atoms. The van der Waals surface area contributed by atoms with Gasteiger partial charge in [-0.3, -0.25) is 4.79 Å². The topological polar surface area (TPSA) is 61.4 Å². The number of rotatable bonds is 5. The fourth-order valence-corrected chi connectivity index (χ4v) is 3.76. The van der Waals surface area contributed by atoms with Crippen molar-refractivity contribution in [1.82, 2.24) is 20.2 Å². The Morgan fingerprint density at radius 3 is 2.67 bits per heavy atom. The second kappa shape index (κ2) is 8.42. The maximum Gasteiger partial charge on any atom is 0.225 e. The van der Waals surface area contributed by atoms with Crippen LogP contribution in [0.1, 0.15) is 39.0 Å². The van der Waals surface area contributed by atoms with Crippen molar-refractivity contribution in [2.45, 2.75) is 45.1 Å². The fraction of sp³-hybridized carbons (Fsp3) is 0.722. The number of amides is 1. The molecule has 2 aliphatic rings. The summed E-state index contributed by atoms with van der Waals surface area (Å²) in [6.45, 7) is 7.27. The van der Waals surface area contributed by atoms with Crippen molar-refractivity contribution in [1.29, 1.82) is 0 Å². The molecule has 3 heterocycles. The summed E-state index contributed by atoms with van der Waals surface area (Å²) in [6.07, 6.45) is 8.85. The van der Waals surface area contributed by atoms with Crippen LogP contribution < -0.4 is 10.2 Å². The first kappa shape index (κ1) is 17.1. The van der Waals surface area contributed by atoms with E-state index in [1.807, 2.05) is 6.07 Å². The number of carbonyl (C=O) groups is 1. The lowest BCUT2D eigenvalue weighted by atomic mass is 9.96. The first-order valence-corrected chi connectivity index (χ1v) is 9.31. The minimum atomic E-state index is 0.0521. The number of piperidine rings is 2. The van der Waals surface area contributed by atoms with Gasteiger partial charge in [-0.2, -0.15) is 0 Å². The third-order valence-corrected chi connectivity index (χ3v) is 5.10. The molecule has 6 heteroatoms. The molecule has 3 rings (SSSR count). The summed E-state index contributed by atoms with van der Waals surface area (Å²) < 4.78 is 0. The second-order valence-corrected chi connectivity index (χ2v) is 6.96. The number of likely N-dealkylation sites (tertiary alicyclic amines) is 1. The maximum atomic E-state index is 12.7. The molecule has 0 saturated carbocycles. The minimum Gasteiger partial charge on any atom is -0.353 e. The molecule has 1 atom stereocenters. The molecule has 1 N–H and O–H groups in total. The number of aromatic nitrogens is 2. The predicted octanol–water partition coefficient (Wildman–Crippen LogP) is 1.68. The van der Waals surface area contributed by atoms with E-state index in [1.54, 1.807) is 12.4 Å². The van der Waals surface area contributed by atoms with E-state index in [1.165, 1.54) is 13.0 Å². The molecule has 1 unspecified atom stereocenters. The average molecular weight is 331 g/mol. The van der Waals surface area contributed by atoms with Crippen molar-refractivity contribution in [3.05, 3.63) is 18.5 Å². The Labute approximate surface area is 144 Å². The predicted molar refractivity (Wildman–Crippen MR) is 94.9 cm³/mol. The normalized spacial score (nSPS) is 23.2. The summed E-state index contributed by atoms with van der Waals surface area (Å²) in [7, 11) is 0. The van der Waals surface area contributed by atoms with Crippen LogP contribution in [-0.4, -0.2) is 59.5 Å². The van der Waals surface area contributed by atoms with Crippen LogP contribution in [0.15, 0.2) is 18.5 Å². The van der Waals surface area contributed by atoms with Crippen molar-refractivity contribution in [2.75, 3.05) is 37.6 Å². The van der Waals surface area contributed by atoms with Gasteiger partial charge < -0.3 is 15.1 Å². The van der Waals surface area contributed by atoms with Gasteiger partial charge in [0.05, 0.1) is 5.92 Å². The molecule has 2 fully saturated rings. The quantitative estimate of drug-likeness (QED) is 0.889. The Hall–Kier alpha value is -1.69. The van der Waals surface area contributed by atoms with Gasteiger partial charge in [0.1, 0.15) is 0 Å². The Morgan fingerprint density at radius 2 is 1.96 bits per heavy atom. The first-order valence-electron chi connectivity index (χ1n) is 9.31. The smallest absolute Gasteiger partial charge is 0.225 e. The molecule has 1 aromatic rings. The van der Waals surface area contributed by atoms with Crippen molar-refractivity contribution in [3.8, 4) is 0 Å². The minimum absolute atomic E-state index is 0.0521. The largest absolute Gasteiger partial charge is 0.353 e. The van der Waals surface area contributed by atoms with Crippen LogP contribution in [0, 0.1) is 5.92 Å². The van der Waals surface area contributed by atoms with Crippen LogP contribution in [0.5, 0.6) is 0 Å². The first-order chi connectivity index (χ1) is 11.8. The Balaban J connectivity index is 1.48. The van der Waals surface area contributed by atoms with Crippen LogP contribution in [0.25, 0.3) is 0 Å². The molecule has 0 aliphatic carbocycles. The summed E-state index contributed by atoms with van der Waals surface area (Å²) in [6, 6.07) is 2.16. The zero-order valence-corrected chi connectivity index (χ0v) is 14.7. The van der Waals surface area contributed by atoms with E-state index < -0.39 is 0 Å². The van der Waals surface area contributed by atoms with Gasteiger partial charge in [0.15, 0.2) is 0 Å². The SMILES string of the molecule is CCCN1CCC(NC(=O)C2CCCN(c3ncccn3)C2)CC1. The highest BCUT2D eigenvalue weighted by molar-refractivity contribution is 5.79. The average Bonchev–Trinajstić information content (AvgIpc) is 2.64. The summed E-state index contributed by atoms with van der Waals surface area (Å²) in [5.41, 5.74) is 0. The number of hydrogen-bond acceptors (Lipinski definition) is 5. The van der Waals surface area contributed by atoms with Crippen LogP contribution in [0.2, 0.25) is 0 Å². The van der Waals surface area contributed by atoms with Crippen molar-refractivity contribution in [3.63, 3.8) is 0 Å². The molecule has 1 amide bonds. The molecular weight excluding hydrogens is 302 g/mol. The molecule has 24 heavy (non-hydrogen) atoms. The van der Waals surface area contributed by atoms with Gasteiger partial charge in [-0.1, -0.05) is 6.92 Å². The highest BCUT2D eigenvalue weighted by Crippen LogP contribution is 2.21. The third kappa shape index (κ3) is 4.44.